The first-order chi connectivity index (χ1) is 15.0. The molecule has 2 fully saturated rings. The maximum absolute atomic E-state index is 14.2. The molecule has 1 unspecified atom stereocenters. The predicted octanol–water partition coefficient (Wildman–Crippen LogP) is 1.53. The van der Waals surface area contributed by atoms with E-state index in [1.165, 1.54) is 0 Å². The van der Waals surface area contributed by atoms with E-state index in [0.29, 0.717) is 13.1 Å². The molecule has 0 aromatic carbocycles. The summed E-state index contributed by atoms with van der Waals surface area (Å²) in [6, 6.07) is -1.26. The molecule has 0 aromatic heterocycles. The number of rotatable bonds is 4. The zero-order valence-corrected chi connectivity index (χ0v) is 20.6. The lowest BCUT2D eigenvalue weighted by molar-refractivity contribution is -0.148. The molecule has 0 radical (unpaired) electrons. The minimum Gasteiger partial charge on any atom is -0.394 e. The van der Waals surface area contributed by atoms with E-state index in [9.17, 15) is 19.5 Å². The van der Waals surface area contributed by atoms with Crippen molar-refractivity contribution in [3.05, 3.63) is 24.3 Å². The Balaban J connectivity index is 1.94. The maximum Gasteiger partial charge on any atom is 0.247 e. The lowest BCUT2D eigenvalue weighted by atomic mass is 9.74. The van der Waals surface area contributed by atoms with E-state index < -0.39 is 33.4 Å². The molecular formula is C24H35N3O4S. The Morgan fingerprint density at radius 2 is 1.69 bits per heavy atom. The molecule has 4 aliphatic heterocycles. The second kappa shape index (κ2) is 7.90. The summed E-state index contributed by atoms with van der Waals surface area (Å²) in [5.74, 6) is -1.60. The maximum atomic E-state index is 14.2. The quantitative estimate of drug-likeness (QED) is 0.642. The van der Waals surface area contributed by atoms with Crippen molar-refractivity contribution < 1.29 is 19.5 Å². The number of fused-ring (bicyclic) bond motifs is 2. The van der Waals surface area contributed by atoms with Gasteiger partial charge in [-0.3, -0.25) is 14.4 Å². The minimum absolute atomic E-state index is 0.0231. The molecule has 4 heterocycles. The molecule has 3 amide bonds. The second-order valence-electron chi connectivity index (χ2n) is 10.3. The third-order valence-electron chi connectivity index (χ3n) is 7.66. The summed E-state index contributed by atoms with van der Waals surface area (Å²) in [6.07, 6.45) is 8.07. The number of carbonyl (C=O) groups is 3. The van der Waals surface area contributed by atoms with Gasteiger partial charge in [-0.25, -0.2) is 0 Å². The fraction of sp³-hybridized carbons (Fsp3) is 0.708. The van der Waals surface area contributed by atoms with Crippen LogP contribution in [0.4, 0.5) is 0 Å². The van der Waals surface area contributed by atoms with Gasteiger partial charge in [-0.15, -0.1) is 11.8 Å². The molecule has 2 saturated heterocycles. The Morgan fingerprint density at radius 1 is 1.03 bits per heavy atom. The highest BCUT2D eigenvalue weighted by atomic mass is 32.2. The van der Waals surface area contributed by atoms with E-state index in [4.69, 9.17) is 0 Å². The van der Waals surface area contributed by atoms with Crippen LogP contribution in [0.2, 0.25) is 0 Å². The topological polar surface area (TPSA) is 81.2 Å². The Kier molecular flexibility index (Phi) is 5.77. The van der Waals surface area contributed by atoms with Gasteiger partial charge in [0.1, 0.15) is 6.04 Å². The van der Waals surface area contributed by atoms with Crippen molar-refractivity contribution in [2.24, 2.45) is 17.8 Å². The summed E-state index contributed by atoms with van der Waals surface area (Å²) in [5, 5.41) is 10.2. The van der Waals surface area contributed by atoms with Crippen LogP contribution in [0.1, 0.15) is 34.6 Å². The molecule has 0 aromatic rings. The van der Waals surface area contributed by atoms with Crippen molar-refractivity contribution >= 4 is 29.5 Å². The molecule has 1 spiro atoms. The van der Waals surface area contributed by atoms with Crippen LogP contribution in [-0.2, 0) is 14.4 Å². The summed E-state index contributed by atoms with van der Waals surface area (Å²) in [5.41, 5.74) is 0. The van der Waals surface area contributed by atoms with Crippen molar-refractivity contribution in [1.82, 2.24) is 14.7 Å². The van der Waals surface area contributed by atoms with Crippen LogP contribution in [0.15, 0.2) is 24.3 Å². The summed E-state index contributed by atoms with van der Waals surface area (Å²) in [7, 11) is 1.77. The van der Waals surface area contributed by atoms with Gasteiger partial charge in [0.15, 0.2) is 0 Å². The van der Waals surface area contributed by atoms with Gasteiger partial charge in [-0.2, -0.15) is 0 Å². The molecular weight excluding hydrogens is 426 g/mol. The summed E-state index contributed by atoms with van der Waals surface area (Å²) in [4.78, 5) is 46.8. The van der Waals surface area contributed by atoms with Crippen LogP contribution < -0.4 is 0 Å². The lowest BCUT2D eigenvalue weighted by Crippen LogP contribution is -2.58. The number of carbonyl (C=O) groups excluding carboxylic acids is 3. The average Bonchev–Trinajstić information content (AvgIpc) is 2.98. The number of hydrogen-bond acceptors (Lipinski definition) is 5. The van der Waals surface area contributed by atoms with Gasteiger partial charge in [0, 0.05) is 30.9 Å². The van der Waals surface area contributed by atoms with Crippen molar-refractivity contribution in [3.63, 3.8) is 0 Å². The fourth-order valence-electron chi connectivity index (χ4n) is 6.04. The van der Waals surface area contributed by atoms with Crippen LogP contribution >= 0.6 is 11.8 Å². The average molecular weight is 462 g/mol. The van der Waals surface area contributed by atoms with Crippen LogP contribution in [0.3, 0.4) is 0 Å². The monoisotopic (exact) mass is 461 g/mol. The smallest absolute Gasteiger partial charge is 0.247 e. The molecule has 0 aliphatic carbocycles. The molecule has 7 nitrogen and oxygen atoms in total. The standard InChI is InChI=1S/C24H35N3O4S/c1-14(2)16(13-28)27-19-22(31)26(15(3)4)12-8-10-24(19)18(21(27)30)17-20(29)25(6)11-7-9-23(17,5)32-24/h7-10,14-19,28H,11-13H2,1-6H3/t16-,17+,18-,19?,23-,24-/m0/s1. The highest BCUT2D eigenvalue weighted by Crippen LogP contribution is 2.65. The van der Waals surface area contributed by atoms with Crippen LogP contribution in [0.5, 0.6) is 0 Å². The Labute approximate surface area is 194 Å². The van der Waals surface area contributed by atoms with Gasteiger partial charge >= 0.3 is 0 Å². The van der Waals surface area contributed by atoms with E-state index in [1.54, 1.807) is 33.5 Å². The first-order valence-corrected chi connectivity index (χ1v) is 12.4. The Morgan fingerprint density at radius 3 is 2.28 bits per heavy atom. The number of aliphatic hydroxyl groups excluding tert-OH is 1. The molecule has 176 valence electrons. The number of amides is 3. The molecule has 32 heavy (non-hydrogen) atoms. The lowest BCUT2D eigenvalue weighted by Gasteiger charge is -2.41. The number of likely N-dealkylation sites (N-methyl/N-ethyl adjacent to an activating group) is 1. The van der Waals surface area contributed by atoms with E-state index in [0.717, 1.165) is 0 Å². The van der Waals surface area contributed by atoms with E-state index in [-0.39, 0.29) is 36.3 Å². The van der Waals surface area contributed by atoms with Gasteiger partial charge in [-0.1, -0.05) is 38.2 Å². The van der Waals surface area contributed by atoms with Crippen LogP contribution in [-0.4, -0.2) is 91.9 Å². The molecule has 4 aliphatic rings. The normalized spacial score (nSPS) is 37.7. The molecule has 0 bridgehead atoms. The highest BCUT2D eigenvalue weighted by molar-refractivity contribution is 8.02. The molecule has 8 heteroatoms. The molecule has 4 rings (SSSR count). The zero-order valence-electron chi connectivity index (χ0n) is 19.8. The van der Waals surface area contributed by atoms with Crippen molar-refractivity contribution in [2.45, 2.75) is 62.2 Å². The zero-order chi connectivity index (χ0) is 23.6. The highest BCUT2D eigenvalue weighted by Gasteiger charge is 2.74. The number of aliphatic hydroxyl groups is 1. The van der Waals surface area contributed by atoms with Crippen molar-refractivity contribution in [3.8, 4) is 0 Å². The van der Waals surface area contributed by atoms with Gasteiger partial charge in [0.05, 0.1) is 29.2 Å². The van der Waals surface area contributed by atoms with Crippen LogP contribution in [0.25, 0.3) is 0 Å². The third kappa shape index (κ3) is 3.09. The first-order valence-electron chi connectivity index (χ1n) is 11.5. The summed E-state index contributed by atoms with van der Waals surface area (Å²) < 4.78 is -1.44. The van der Waals surface area contributed by atoms with E-state index in [1.807, 2.05) is 52.8 Å². The van der Waals surface area contributed by atoms with E-state index in [2.05, 4.69) is 6.08 Å². The SMILES string of the molecule is CC(C)[C@H](CO)N1C(=O)[C@@H]2[C@@H]3C(=O)N(C)CC=C[C@]3(C)S[C@@]23C=CCN(C(C)C)C(=O)C13. The van der Waals surface area contributed by atoms with Crippen molar-refractivity contribution in [1.29, 1.82) is 0 Å². The van der Waals surface area contributed by atoms with Gasteiger partial charge in [-0.05, 0) is 26.7 Å². The summed E-state index contributed by atoms with van der Waals surface area (Å²) in [6.45, 7) is 10.6. The van der Waals surface area contributed by atoms with Crippen LogP contribution in [0, 0.1) is 17.8 Å². The summed E-state index contributed by atoms with van der Waals surface area (Å²) >= 11 is 1.58. The molecule has 1 N–H and O–H groups in total. The largest absolute Gasteiger partial charge is 0.394 e. The number of likely N-dealkylation sites (tertiary alicyclic amines) is 1. The molecule has 6 atom stereocenters. The first kappa shape index (κ1) is 23.4. The number of hydrogen-bond donors (Lipinski definition) is 1. The van der Waals surface area contributed by atoms with Gasteiger partial charge in [0.2, 0.25) is 17.7 Å². The minimum atomic E-state index is -0.849. The van der Waals surface area contributed by atoms with Crippen molar-refractivity contribution in [2.75, 3.05) is 26.7 Å². The van der Waals surface area contributed by atoms with E-state index >= 15 is 0 Å². The Bertz CT molecular complexity index is 886. The van der Waals surface area contributed by atoms with Gasteiger partial charge < -0.3 is 19.8 Å². The van der Waals surface area contributed by atoms with Gasteiger partial charge in [0.25, 0.3) is 0 Å². The molecule has 0 saturated carbocycles. The second-order valence-corrected chi connectivity index (χ2v) is 12.1. The number of nitrogens with zero attached hydrogens (tertiary/aromatic N) is 3. The Hall–Kier alpha value is -1.80. The predicted molar refractivity (Wildman–Crippen MR) is 125 cm³/mol. The number of thioether (sulfide) groups is 1. The third-order valence-corrected chi connectivity index (χ3v) is 9.46. The fourth-order valence-corrected chi connectivity index (χ4v) is 8.19.